The first-order valence-corrected chi connectivity index (χ1v) is 7.70. The molecule has 0 radical (unpaired) electrons. The smallest absolute Gasteiger partial charge is 0.409 e. The highest BCUT2D eigenvalue weighted by Gasteiger charge is 2.19. The Hall–Kier alpha value is -2.87. The minimum absolute atomic E-state index is 0.155. The second-order valence-corrected chi connectivity index (χ2v) is 6.31. The van der Waals surface area contributed by atoms with E-state index in [0.29, 0.717) is 5.39 Å². The van der Waals surface area contributed by atoms with Gasteiger partial charge in [-0.3, -0.25) is 5.32 Å². The van der Waals surface area contributed by atoms with E-state index in [9.17, 15) is 13.2 Å². The Bertz CT molecular complexity index is 949. The van der Waals surface area contributed by atoms with Crippen LogP contribution in [0, 0.1) is 0 Å². The average molecular weight is 317 g/mol. The van der Waals surface area contributed by atoms with E-state index in [4.69, 9.17) is 5.11 Å². The minimum atomic E-state index is -3.74. The molecule has 7 nitrogen and oxygen atoms in total. The molecule has 0 saturated heterocycles. The van der Waals surface area contributed by atoms with E-state index >= 15 is 0 Å². The van der Waals surface area contributed by atoms with Crippen LogP contribution in [0.1, 0.15) is 0 Å². The van der Waals surface area contributed by atoms with Crippen LogP contribution in [0.4, 0.5) is 10.5 Å². The third kappa shape index (κ3) is 2.40. The van der Waals surface area contributed by atoms with Gasteiger partial charge in [-0.25, -0.2) is 22.2 Å². The Morgan fingerprint density at radius 2 is 1.91 bits per heavy atom. The van der Waals surface area contributed by atoms with Gasteiger partial charge in [-0.15, -0.1) is 0 Å². The summed E-state index contributed by atoms with van der Waals surface area (Å²) in [5.74, 6) is 0. The maximum Gasteiger partial charge on any atom is 0.409 e. The van der Waals surface area contributed by atoms with Gasteiger partial charge in [0, 0.05) is 11.6 Å². The van der Waals surface area contributed by atoms with Crippen molar-refractivity contribution < 1.29 is 18.3 Å². The molecule has 0 unspecified atom stereocenters. The predicted octanol–water partition coefficient (Wildman–Crippen LogP) is 2.36. The van der Waals surface area contributed by atoms with Crippen LogP contribution in [0.3, 0.4) is 0 Å². The summed E-state index contributed by atoms with van der Waals surface area (Å²) in [4.78, 5) is 14.8. The number of carbonyl (C=O) groups is 1. The lowest BCUT2D eigenvalue weighted by atomic mass is 10.3. The zero-order valence-corrected chi connectivity index (χ0v) is 12.0. The predicted molar refractivity (Wildman–Crippen MR) is 80.4 cm³/mol. The highest BCUT2D eigenvalue weighted by molar-refractivity contribution is 7.90. The van der Waals surface area contributed by atoms with Gasteiger partial charge in [0.2, 0.25) is 0 Å². The Balaban J connectivity index is 2.11. The summed E-state index contributed by atoms with van der Waals surface area (Å²) in [5.41, 5.74) is 0.509. The van der Waals surface area contributed by atoms with Crippen LogP contribution < -0.4 is 5.32 Å². The summed E-state index contributed by atoms with van der Waals surface area (Å²) in [6, 6.07) is 11.1. The molecule has 0 saturated carbocycles. The lowest BCUT2D eigenvalue weighted by Gasteiger charge is -2.07. The summed E-state index contributed by atoms with van der Waals surface area (Å²) in [6.45, 7) is 0. The summed E-state index contributed by atoms with van der Waals surface area (Å²) < 4.78 is 26.2. The number of nitrogens with one attached hydrogen (secondary N) is 1. The molecule has 22 heavy (non-hydrogen) atoms. The molecule has 0 aliphatic carbocycles. The fourth-order valence-corrected chi connectivity index (χ4v) is 3.42. The number of hydrogen-bond acceptors (Lipinski definition) is 4. The molecule has 0 aliphatic heterocycles. The van der Waals surface area contributed by atoms with Gasteiger partial charge in [0.25, 0.3) is 10.0 Å². The van der Waals surface area contributed by atoms with Gasteiger partial charge in [-0.1, -0.05) is 18.2 Å². The van der Waals surface area contributed by atoms with Gasteiger partial charge in [-0.2, -0.15) is 0 Å². The largest absolute Gasteiger partial charge is 0.465 e. The molecule has 0 bridgehead atoms. The molecule has 2 heterocycles. The standard InChI is InChI=1S/C14H11N3O4S/c18-14(19)16-11-8-10-6-7-17(13(10)15-9-11)22(20,21)12-4-2-1-3-5-12/h1-9,16H,(H,18,19). The Kier molecular flexibility index (Phi) is 3.30. The number of aromatic nitrogens is 2. The van der Waals surface area contributed by atoms with Gasteiger partial charge < -0.3 is 5.11 Å². The monoisotopic (exact) mass is 317 g/mol. The number of amides is 1. The number of anilines is 1. The quantitative estimate of drug-likeness (QED) is 0.772. The first kappa shape index (κ1) is 14.1. The van der Waals surface area contributed by atoms with E-state index in [1.807, 2.05) is 0 Å². The first-order valence-electron chi connectivity index (χ1n) is 6.26. The highest BCUT2D eigenvalue weighted by Crippen LogP contribution is 2.22. The molecule has 0 fully saturated rings. The van der Waals surface area contributed by atoms with Crippen molar-refractivity contribution >= 4 is 32.8 Å². The lowest BCUT2D eigenvalue weighted by molar-refractivity contribution is 0.209. The highest BCUT2D eigenvalue weighted by atomic mass is 32.2. The second-order valence-electron chi connectivity index (χ2n) is 4.50. The van der Waals surface area contributed by atoms with E-state index in [0.717, 1.165) is 3.97 Å². The first-order chi connectivity index (χ1) is 10.5. The van der Waals surface area contributed by atoms with E-state index in [2.05, 4.69) is 10.3 Å². The summed E-state index contributed by atoms with van der Waals surface area (Å²) in [5, 5.41) is 11.4. The Labute approximate surface area is 125 Å². The van der Waals surface area contributed by atoms with Crippen LogP contribution in [-0.2, 0) is 10.0 Å². The van der Waals surface area contributed by atoms with Crippen molar-refractivity contribution in [1.29, 1.82) is 0 Å². The maximum atomic E-state index is 12.6. The zero-order chi connectivity index (χ0) is 15.7. The van der Waals surface area contributed by atoms with Gasteiger partial charge in [0.05, 0.1) is 16.8 Å². The van der Waals surface area contributed by atoms with Gasteiger partial charge in [-0.05, 0) is 24.3 Å². The number of nitrogens with zero attached hydrogens (tertiary/aromatic N) is 2. The number of carboxylic acid groups (broad SMARTS) is 1. The van der Waals surface area contributed by atoms with Crippen molar-refractivity contribution in [3.8, 4) is 0 Å². The van der Waals surface area contributed by atoms with Crippen molar-refractivity contribution in [2.45, 2.75) is 4.90 Å². The van der Waals surface area contributed by atoms with Crippen LogP contribution in [0.15, 0.2) is 59.8 Å². The summed E-state index contributed by atoms with van der Waals surface area (Å²) in [7, 11) is -3.74. The van der Waals surface area contributed by atoms with Crippen molar-refractivity contribution in [2.24, 2.45) is 0 Å². The van der Waals surface area contributed by atoms with E-state index < -0.39 is 16.1 Å². The van der Waals surface area contributed by atoms with Crippen LogP contribution >= 0.6 is 0 Å². The molecule has 2 aromatic heterocycles. The third-order valence-electron chi connectivity index (χ3n) is 3.04. The van der Waals surface area contributed by atoms with Gasteiger partial charge in [0.1, 0.15) is 0 Å². The number of pyridine rings is 1. The third-order valence-corrected chi connectivity index (χ3v) is 4.73. The average Bonchev–Trinajstić information content (AvgIpc) is 2.91. The zero-order valence-electron chi connectivity index (χ0n) is 11.2. The van der Waals surface area contributed by atoms with E-state index in [1.54, 1.807) is 24.3 Å². The molecule has 0 aliphatic rings. The van der Waals surface area contributed by atoms with Crippen LogP contribution in [0.5, 0.6) is 0 Å². The van der Waals surface area contributed by atoms with Crippen molar-refractivity contribution in [3.63, 3.8) is 0 Å². The van der Waals surface area contributed by atoms with Gasteiger partial charge >= 0.3 is 6.09 Å². The fourth-order valence-electron chi connectivity index (χ4n) is 2.09. The molecule has 3 aromatic rings. The second kappa shape index (κ2) is 5.15. The van der Waals surface area contributed by atoms with Crippen LogP contribution in [0.25, 0.3) is 11.0 Å². The molecule has 3 rings (SSSR count). The molecule has 0 spiro atoms. The topological polar surface area (TPSA) is 101 Å². The number of hydrogen-bond donors (Lipinski definition) is 2. The lowest BCUT2D eigenvalue weighted by Crippen LogP contribution is -2.12. The number of fused-ring (bicyclic) bond motifs is 1. The molecule has 0 atom stereocenters. The van der Waals surface area contributed by atoms with E-state index in [1.165, 1.54) is 30.6 Å². The molecule has 112 valence electrons. The normalized spacial score (nSPS) is 11.5. The maximum absolute atomic E-state index is 12.6. The molecular formula is C14H11N3O4S. The number of rotatable bonds is 3. The summed E-state index contributed by atoms with van der Waals surface area (Å²) in [6.07, 6.45) is 1.45. The molecule has 2 N–H and O–H groups in total. The van der Waals surface area contributed by atoms with E-state index in [-0.39, 0.29) is 16.2 Å². The van der Waals surface area contributed by atoms with Gasteiger partial charge in [0.15, 0.2) is 5.65 Å². The summed E-state index contributed by atoms with van der Waals surface area (Å²) >= 11 is 0. The van der Waals surface area contributed by atoms with Crippen LogP contribution in [0.2, 0.25) is 0 Å². The van der Waals surface area contributed by atoms with Crippen LogP contribution in [-0.4, -0.2) is 28.6 Å². The minimum Gasteiger partial charge on any atom is -0.465 e. The number of benzene rings is 1. The molecule has 1 amide bonds. The molecule has 1 aromatic carbocycles. The van der Waals surface area contributed by atoms with Crippen molar-refractivity contribution in [2.75, 3.05) is 5.32 Å². The van der Waals surface area contributed by atoms with Crippen molar-refractivity contribution in [3.05, 3.63) is 54.9 Å². The molecular weight excluding hydrogens is 306 g/mol. The Morgan fingerprint density at radius 1 is 1.18 bits per heavy atom. The Morgan fingerprint density at radius 3 is 2.59 bits per heavy atom. The fraction of sp³-hybridized carbons (Fsp3) is 0. The SMILES string of the molecule is O=C(O)Nc1cnc2c(ccn2S(=O)(=O)c2ccccc2)c1. The van der Waals surface area contributed by atoms with Crippen molar-refractivity contribution in [1.82, 2.24) is 8.96 Å². The molecule has 8 heteroatoms.